The standard InChI is InChI=1S/C19H19FN2O3/c1-2-25-19(24)11-13-3-9-16(10-4-13)22-18(21)12-17(23)14-5-7-15(20)8-6-14/h3-10H,2,11-12H2,1H3,(H2,21,22). The minimum absolute atomic E-state index is 0.0593. The third-order valence-corrected chi connectivity index (χ3v) is 3.37. The Hall–Kier alpha value is -3.02. The highest BCUT2D eigenvalue weighted by molar-refractivity contribution is 6.09. The first-order valence-corrected chi connectivity index (χ1v) is 7.84. The average Bonchev–Trinajstić information content (AvgIpc) is 2.57. The summed E-state index contributed by atoms with van der Waals surface area (Å²) in [6.45, 7) is 2.10. The summed E-state index contributed by atoms with van der Waals surface area (Å²) in [5, 5.41) is 0. The summed E-state index contributed by atoms with van der Waals surface area (Å²) in [7, 11) is 0. The number of esters is 1. The number of amidine groups is 1. The molecule has 0 bridgehead atoms. The summed E-state index contributed by atoms with van der Waals surface area (Å²) in [5.74, 6) is -0.767. The summed E-state index contributed by atoms with van der Waals surface area (Å²) in [4.78, 5) is 27.7. The van der Waals surface area contributed by atoms with Crippen LogP contribution in [0, 0.1) is 5.82 Å². The molecule has 0 aromatic heterocycles. The summed E-state index contributed by atoms with van der Waals surface area (Å²) in [6.07, 6.45) is 0.132. The van der Waals surface area contributed by atoms with E-state index in [1.54, 1.807) is 31.2 Å². The highest BCUT2D eigenvalue weighted by Crippen LogP contribution is 2.15. The van der Waals surface area contributed by atoms with Gasteiger partial charge in [-0.05, 0) is 48.9 Å². The molecule has 0 heterocycles. The van der Waals surface area contributed by atoms with E-state index < -0.39 is 5.82 Å². The Morgan fingerprint density at radius 2 is 1.72 bits per heavy atom. The van der Waals surface area contributed by atoms with Crippen molar-refractivity contribution in [3.63, 3.8) is 0 Å². The molecule has 0 aliphatic carbocycles. The van der Waals surface area contributed by atoms with Gasteiger partial charge < -0.3 is 10.5 Å². The summed E-state index contributed by atoms with van der Waals surface area (Å²) < 4.78 is 17.8. The second-order valence-electron chi connectivity index (χ2n) is 5.36. The molecule has 2 N–H and O–H groups in total. The molecule has 0 saturated heterocycles. The van der Waals surface area contributed by atoms with Crippen molar-refractivity contribution in [1.82, 2.24) is 0 Å². The molecule has 0 saturated carbocycles. The van der Waals surface area contributed by atoms with Gasteiger partial charge in [0.15, 0.2) is 5.78 Å². The Balaban J connectivity index is 1.98. The molecular formula is C19H19FN2O3. The number of ketones is 1. The van der Waals surface area contributed by atoms with E-state index in [9.17, 15) is 14.0 Å². The largest absolute Gasteiger partial charge is 0.466 e. The third-order valence-electron chi connectivity index (χ3n) is 3.37. The predicted octanol–water partition coefficient (Wildman–Crippen LogP) is 3.19. The van der Waals surface area contributed by atoms with Crippen LogP contribution < -0.4 is 5.73 Å². The fourth-order valence-electron chi connectivity index (χ4n) is 2.17. The molecule has 0 fully saturated rings. The van der Waals surface area contributed by atoms with Gasteiger partial charge >= 0.3 is 5.97 Å². The molecule has 0 aliphatic heterocycles. The van der Waals surface area contributed by atoms with Crippen LogP contribution in [0.5, 0.6) is 0 Å². The fraction of sp³-hybridized carbons (Fsp3) is 0.211. The minimum atomic E-state index is -0.402. The quantitative estimate of drug-likeness (QED) is 0.363. The molecule has 0 radical (unpaired) electrons. The number of ether oxygens (including phenoxy) is 1. The van der Waals surface area contributed by atoms with E-state index in [4.69, 9.17) is 10.5 Å². The molecule has 5 nitrogen and oxygen atoms in total. The number of nitrogens with two attached hydrogens (primary N) is 1. The second-order valence-corrected chi connectivity index (χ2v) is 5.36. The van der Waals surface area contributed by atoms with E-state index in [1.165, 1.54) is 24.3 Å². The third kappa shape index (κ3) is 5.84. The number of halogens is 1. The molecule has 0 unspecified atom stereocenters. The molecule has 0 spiro atoms. The monoisotopic (exact) mass is 342 g/mol. The van der Waals surface area contributed by atoms with Crippen LogP contribution in [-0.2, 0) is 16.0 Å². The normalized spacial score (nSPS) is 11.2. The van der Waals surface area contributed by atoms with Crippen LogP contribution in [0.2, 0.25) is 0 Å². The Morgan fingerprint density at radius 3 is 2.32 bits per heavy atom. The molecule has 2 rings (SSSR count). The molecule has 0 atom stereocenters. The SMILES string of the molecule is CCOC(=O)Cc1ccc(N=C(N)CC(=O)c2ccc(F)cc2)cc1. The number of carbonyl (C=O) groups excluding carboxylic acids is 2. The summed E-state index contributed by atoms with van der Waals surface area (Å²) in [6, 6.07) is 12.2. The highest BCUT2D eigenvalue weighted by atomic mass is 19.1. The van der Waals surface area contributed by atoms with Crippen molar-refractivity contribution >= 4 is 23.3 Å². The Bertz CT molecular complexity index is 768. The lowest BCUT2D eigenvalue weighted by Gasteiger charge is -2.04. The topological polar surface area (TPSA) is 81.8 Å². The molecule has 130 valence electrons. The van der Waals surface area contributed by atoms with Gasteiger partial charge in [-0.15, -0.1) is 0 Å². The number of rotatable bonds is 7. The van der Waals surface area contributed by atoms with Crippen molar-refractivity contribution in [3.8, 4) is 0 Å². The maximum atomic E-state index is 12.9. The van der Waals surface area contributed by atoms with E-state index in [0.717, 1.165) is 5.56 Å². The number of nitrogens with zero attached hydrogens (tertiary/aromatic N) is 1. The van der Waals surface area contributed by atoms with Gasteiger partial charge in [-0.2, -0.15) is 0 Å². The smallest absolute Gasteiger partial charge is 0.310 e. The zero-order valence-electron chi connectivity index (χ0n) is 13.9. The number of carbonyl (C=O) groups is 2. The van der Waals surface area contributed by atoms with E-state index in [0.29, 0.717) is 17.9 Å². The van der Waals surface area contributed by atoms with Crippen molar-refractivity contribution < 1.29 is 18.7 Å². The van der Waals surface area contributed by atoms with E-state index in [-0.39, 0.29) is 30.4 Å². The highest BCUT2D eigenvalue weighted by Gasteiger charge is 2.09. The summed E-state index contributed by atoms with van der Waals surface area (Å²) in [5.41, 5.74) is 7.58. The van der Waals surface area contributed by atoms with Gasteiger partial charge in [0.2, 0.25) is 0 Å². The van der Waals surface area contributed by atoms with Crippen molar-refractivity contribution in [2.75, 3.05) is 6.61 Å². The van der Waals surface area contributed by atoms with Gasteiger partial charge in [0.05, 0.1) is 25.1 Å². The van der Waals surface area contributed by atoms with Crippen LogP contribution in [0.15, 0.2) is 53.5 Å². The number of Topliss-reactive ketones (excluding diaryl/α,β-unsaturated/α-hetero) is 1. The van der Waals surface area contributed by atoms with Crippen LogP contribution in [0.25, 0.3) is 0 Å². The molecule has 0 amide bonds. The Morgan fingerprint density at radius 1 is 1.08 bits per heavy atom. The minimum Gasteiger partial charge on any atom is -0.466 e. The molecule has 25 heavy (non-hydrogen) atoms. The number of benzene rings is 2. The van der Waals surface area contributed by atoms with Gasteiger partial charge in [0, 0.05) is 5.56 Å². The molecule has 6 heteroatoms. The van der Waals surface area contributed by atoms with Crippen LogP contribution >= 0.6 is 0 Å². The first-order valence-electron chi connectivity index (χ1n) is 7.84. The van der Waals surface area contributed by atoms with Gasteiger partial charge in [-0.25, -0.2) is 9.38 Å². The maximum absolute atomic E-state index is 12.9. The van der Waals surface area contributed by atoms with Gasteiger partial charge in [0.1, 0.15) is 11.7 Å². The molecule has 2 aromatic rings. The molecule has 0 aliphatic rings. The Kier molecular flexibility index (Phi) is 6.39. The fourth-order valence-corrected chi connectivity index (χ4v) is 2.17. The maximum Gasteiger partial charge on any atom is 0.310 e. The predicted molar refractivity (Wildman–Crippen MR) is 93.4 cm³/mol. The van der Waals surface area contributed by atoms with E-state index in [1.807, 2.05) is 0 Å². The number of hydrogen-bond acceptors (Lipinski definition) is 4. The van der Waals surface area contributed by atoms with Gasteiger partial charge in [-0.3, -0.25) is 9.59 Å². The first kappa shape index (κ1) is 18.3. The van der Waals surface area contributed by atoms with Gasteiger partial charge in [-0.1, -0.05) is 12.1 Å². The second kappa shape index (κ2) is 8.73. The molecular weight excluding hydrogens is 323 g/mol. The average molecular weight is 342 g/mol. The lowest BCUT2D eigenvalue weighted by Crippen LogP contribution is -2.16. The van der Waals surface area contributed by atoms with Crippen molar-refractivity contribution in [1.29, 1.82) is 0 Å². The number of hydrogen-bond donors (Lipinski definition) is 1. The lowest BCUT2D eigenvalue weighted by molar-refractivity contribution is -0.142. The zero-order valence-corrected chi connectivity index (χ0v) is 13.9. The van der Waals surface area contributed by atoms with Crippen LogP contribution in [-0.4, -0.2) is 24.2 Å². The van der Waals surface area contributed by atoms with Crippen LogP contribution in [0.3, 0.4) is 0 Å². The van der Waals surface area contributed by atoms with Gasteiger partial charge in [0.25, 0.3) is 0 Å². The Labute approximate surface area is 145 Å². The molecule has 2 aromatic carbocycles. The van der Waals surface area contributed by atoms with E-state index in [2.05, 4.69) is 4.99 Å². The lowest BCUT2D eigenvalue weighted by atomic mass is 10.1. The van der Waals surface area contributed by atoms with Crippen molar-refractivity contribution in [2.45, 2.75) is 19.8 Å². The van der Waals surface area contributed by atoms with Crippen molar-refractivity contribution in [2.24, 2.45) is 10.7 Å². The zero-order chi connectivity index (χ0) is 18.2. The van der Waals surface area contributed by atoms with E-state index >= 15 is 0 Å². The van der Waals surface area contributed by atoms with Crippen molar-refractivity contribution in [3.05, 3.63) is 65.5 Å². The van der Waals surface area contributed by atoms with Crippen LogP contribution in [0.4, 0.5) is 10.1 Å². The first-order chi connectivity index (χ1) is 12.0. The van der Waals surface area contributed by atoms with Crippen LogP contribution in [0.1, 0.15) is 29.3 Å². The summed E-state index contributed by atoms with van der Waals surface area (Å²) >= 11 is 0. The number of aliphatic imine (C=N–C) groups is 1.